The Morgan fingerprint density at radius 3 is 2.60 bits per heavy atom. The molecule has 2 aromatic carbocycles. The maximum atomic E-state index is 6.54. The van der Waals surface area contributed by atoms with Crippen LogP contribution in [0.2, 0.25) is 0 Å². The Balaban J connectivity index is 1.09. The van der Waals surface area contributed by atoms with Crippen LogP contribution in [0.4, 0.5) is 5.69 Å². The summed E-state index contributed by atoms with van der Waals surface area (Å²) >= 11 is 5.37. The highest BCUT2D eigenvalue weighted by molar-refractivity contribution is 7.80. The highest BCUT2D eigenvalue weighted by Crippen LogP contribution is 2.60. The predicted octanol–water partition coefficient (Wildman–Crippen LogP) is 6.21. The molecule has 5 aliphatic rings. The third-order valence-corrected chi connectivity index (χ3v) is 9.57. The zero-order chi connectivity index (χ0) is 28.1. The van der Waals surface area contributed by atoms with E-state index in [4.69, 9.17) is 36.2 Å². The van der Waals surface area contributed by atoms with Crippen LogP contribution in [0, 0.1) is 37.5 Å². The smallest absolute Gasteiger partial charge is 0.205 e. The van der Waals surface area contributed by atoms with Gasteiger partial charge in [0.1, 0.15) is 5.75 Å². The van der Waals surface area contributed by atoms with E-state index in [0.29, 0.717) is 16.9 Å². The minimum atomic E-state index is -0.797. The lowest BCUT2D eigenvalue weighted by atomic mass is 9.58. The summed E-state index contributed by atoms with van der Waals surface area (Å²) in [6.07, 6.45) is 4.75. The molecular weight excluding hydrogens is 526 g/mol. The van der Waals surface area contributed by atoms with E-state index in [1.165, 1.54) is 11.1 Å². The van der Waals surface area contributed by atoms with Crippen molar-refractivity contribution in [2.24, 2.45) is 28.8 Å². The number of rotatable bonds is 5. The second-order valence-electron chi connectivity index (χ2n) is 12.1. The van der Waals surface area contributed by atoms with Gasteiger partial charge in [-0.2, -0.15) is 5.10 Å². The first-order chi connectivity index (χ1) is 19.2. The van der Waals surface area contributed by atoms with Crippen LogP contribution in [0.25, 0.3) is 0 Å². The number of hydrazone groups is 1. The summed E-state index contributed by atoms with van der Waals surface area (Å²) in [7, 11) is 0. The van der Waals surface area contributed by atoms with Gasteiger partial charge in [-0.05, 0) is 117 Å². The van der Waals surface area contributed by atoms with Crippen LogP contribution in [-0.2, 0) is 19.2 Å². The number of ether oxygens (including phenoxy) is 3. The van der Waals surface area contributed by atoms with Gasteiger partial charge in [-0.3, -0.25) is 5.43 Å². The number of hydrogen-bond acceptors (Lipinski definition) is 7. The normalized spacial score (nSPS) is 36.5. The maximum absolute atomic E-state index is 6.54. The Morgan fingerprint density at radius 1 is 1.02 bits per heavy atom. The number of nitrogens with zero attached hydrogens (tertiary/aromatic N) is 1. The van der Waals surface area contributed by atoms with E-state index >= 15 is 0 Å². The molecule has 2 bridgehead atoms. The van der Waals surface area contributed by atoms with Crippen LogP contribution in [0.15, 0.2) is 47.6 Å². The van der Waals surface area contributed by atoms with Gasteiger partial charge >= 0.3 is 0 Å². The molecule has 0 radical (unpaired) electrons. The molecular formula is C31H39N3O5S. The SMILES string of the molecule is Cc1ccc(NC(=S)N/N=C/c2ccc(O[C@H]3OC4O[C@]5(C)CC[C@H]6[C@H](C)CC[C@@H]([C@H]3C)[C@@]46OO5)cc2)cc1C. The van der Waals surface area contributed by atoms with Gasteiger partial charge in [0.05, 0.1) is 6.21 Å². The molecule has 7 rings (SSSR count). The maximum Gasteiger partial charge on any atom is 0.205 e. The molecule has 0 amide bonds. The van der Waals surface area contributed by atoms with Crippen molar-refractivity contribution in [1.29, 1.82) is 0 Å². The van der Waals surface area contributed by atoms with Crippen LogP contribution in [0.1, 0.15) is 63.1 Å². The Bertz CT molecular complexity index is 1290. The summed E-state index contributed by atoms with van der Waals surface area (Å²) in [5, 5.41) is 7.85. The fraction of sp³-hybridized carbons (Fsp3) is 0.548. The van der Waals surface area contributed by atoms with E-state index in [1.54, 1.807) is 6.21 Å². The summed E-state index contributed by atoms with van der Waals surface area (Å²) in [6.45, 7) is 10.6. The van der Waals surface area contributed by atoms with E-state index in [9.17, 15) is 0 Å². The quantitative estimate of drug-likeness (QED) is 0.192. The molecule has 0 aromatic heterocycles. The van der Waals surface area contributed by atoms with E-state index in [1.807, 2.05) is 37.3 Å². The van der Waals surface area contributed by atoms with Crippen molar-refractivity contribution >= 4 is 29.2 Å². The first-order valence-corrected chi connectivity index (χ1v) is 14.7. The molecule has 1 unspecified atom stereocenters. The second kappa shape index (κ2) is 10.7. The molecule has 5 fully saturated rings. The summed E-state index contributed by atoms with van der Waals surface area (Å²) < 4.78 is 19.4. The molecule has 4 saturated heterocycles. The van der Waals surface area contributed by atoms with Crippen molar-refractivity contribution in [3.8, 4) is 5.75 Å². The highest BCUT2D eigenvalue weighted by Gasteiger charge is 2.69. The van der Waals surface area contributed by atoms with Crippen molar-refractivity contribution in [3.63, 3.8) is 0 Å². The summed E-state index contributed by atoms with van der Waals surface area (Å²) in [6, 6.07) is 13.9. The molecule has 4 heterocycles. The van der Waals surface area contributed by atoms with Gasteiger partial charge in [0.25, 0.3) is 0 Å². The number of aryl methyl sites for hydroxylation is 2. The molecule has 1 spiro atoms. The topological polar surface area (TPSA) is 82.6 Å². The van der Waals surface area contributed by atoms with Crippen molar-refractivity contribution in [3.05, 3.63) is 59.2 Å². The highest BCUT2D eigenvalue weighted by atomic mass is 32.1. The van der Waals surface area contributed by atoms with Gasteiger partial charge in [-0.15, -0.1) is 0 Å². The monoisotopic (exact) mass is 565 g/mol. The fourth-order valence-corrected chi connectivity index (χ4v) is 7.09. The first kappa shape index (κ1) is 27.6. The van der Waals surface area contributed by atoms with E-state index < -0.39 is 24.0 Å². The van der Waals surface area contributed by atoms with Crippen molar-refractivity contribution in [1.82, 2.24) is 5.43 Å². The van der Waals surface area contributed by atoms with Crippen molar-refractivity contribution in [2.45, 2.75) is 84.3 Å². The average Bonchev–Trinajstić information content (AvgIpc) is 3.16. The number of anilines is 1. The molecule has 2 N–H and O–H groups in total. The van der Waals surface area contributed by atoms with E-state index in [2.05, 4.69) is 55.7 Å². The average molecular weight is 566 g/mol. The number of nitrogens with one attached hydrogen (secondary N) is 2. The Hall–Kier alpha value is -2.56. The van der Waals surface area contributed by atoms with Gasteiger partial charge in [0.2, 0.25) is 12.1 Å². The van der Waals surface area contributed by atoms with Gasteiger partial charge in [0, 0.05) is 23.9 Å². The molecule has 4 aliphatic heterocycles. The largest absolute Gasteiger partial charge is 0.465 e. The third kappa shape index (κ3) is 5.03. The van der Waals surface area contributed by atoms with Gasteiger partial charge in [0.15, 0.2) is 17.0 Å². The lowest BCUT2D eigenvalue weighted by molar-refractivity contribution is -0.575. The van der Waals surface area contributed by atoms with Crippen LogP contribution < -0.4 is 15.5 Å². The number of thiocarbonyl (C=S) groups is 1. The molecule has 8 atom stereocenters. The summed E-state index contributed by atoms with van der Waals surface area (Å²) in [5.74, 6) is 1.12. The Labute approximate surface area is 241 Å². The molecule has 214 valence electrons. The minimum Gasteiger partial charge on any atom is -0.465 e. The zero-order valence-electron chi connectivity index (χ0n) is 23.8. The Morgan fingerprint density at radius 2 is 1.82 bits per heavy atom. The second-order valence-corrected chi connectivity index (χ2v) is 12.5. The standard InChI is InChI=1S/C31H39N3O5S/c1-18-6-10-23(16-20(18)3)33-29(40)34-32-17-22-8-11-24(12-9-22)35-27-21(4)26-13-7-19(2)25-14-15-30(5)37-28(36-27)31(25,26)39-38-30/h6,8-12,16-17,19,21,25-28H,7,13-15H2,1-5H3,(H2,33,34,40)/b32-17+/t19-,21-,25+,26+,27+,28?,30+,31-/m1/s1. The van der Waals surface area contributed by atoms with Gasteiger partial charge < -0.3 is 19.5 Å². The van der Waals surface area contributed by atoms with E-state index in [0.717, 1.165) is 42.7 Å². The molecule has 1 saturated carbocycles. The van der Waals surface area contributed by atoms with Crippen molar-refractivity contribution < 1.29 is 24.0 Å². The first-order valence-electron chi connectivity index (χ1n) is 14.3. The number of hydrogen-bond donors (Lipinski definition) is 2. The van der Waals surface area contributed by atoms with Crippen molar-refractivity contribution in [2.75, 3.05) is 5.32 Å². The number of fused-ring (bicyclic) bond motifs is 2. The summed E-state index contributed by atoms with van der Waals surface area (Å²) in [4.78, 5) is 12.1. The lowest BCUT2D eigenvalue weighted by Gasteiger charge is -2.60. The molecule has 2 aromatic rings. The van der Waals surface area contributed by atoms with Gasteiger partial charge in [-0.25, -0.2) is 9.78 Å². The molecule has 9 heteroatoms. The van der Waals surface area contributed by atoms with Crippen LogP contribution in [0.3, 0.4) is 0 Å². The van der Waals surface area contributed by atoms with Crippen LogP contribution in [-0.4, -0.2) is 35.3 Å². The third-order valence-electron chi connectivity index (χ3n) is 9.37. The number of benzene rings is 2. The van der Waals surface area contributed by atoms with Crippen LogP contribution in [0.5, 0.6) is 5.75 Å². The van der Waals surface area contributed by atoms with Gasteiger partial charge in [-0.1, -0.05) is 19.9 Å². The molecule has 8 nitrogen and oxygen atoms in total. The minimum absolute atomic E-state index is 0.108. The van der Waals surface area contributed by atoms with Crippen LogP contribution >= 0.6 is 12.2 Å². The Kier molecular flexibility index (Phi) is 7.37. The molecule has 40 heavy (non-hydrogen) atoms. The predicted molar refractivity (Wildman–Crippen MR) is 157 cm³/mol. The summed E-state index contributed by atoms with van der Waals surface area (Å²) in [5.41, 5.74) is 6.57. The van der Waals surface area contributed by atoms with E-state index in [-0.39, 0.29) is 11.8 Å². The lowest BCUT2D eigenvalue weighted by Crippen LogP contribution is -2.70. The molecule has 1 aliphatic carbocycles. The zero-order valence-corrected chi connectivity index (χ0v) is 24.6. The fourth-order valence-electron chi connectivity index (χ4n) is 6.92.